The Bertz CT molecular complexity index is 1730. The molecule has 6 N–H and O–H groups in total. The lowest BCUT2D eigenvalue weighted by Crippen LogP contribution is -2.58. The second kappa shape index (κ2) is 14.7. The number of carbonyl (C=O) groups is 1. The molecule has 8 atom stereocenters. The van der Waals surface area contributed by atoms with E-state index in [2.05, 4.69) is 0 Å². The standard InChI is InChI=1S/C38H39F2NO8/c39-25-9-6-23(7-10-25)30(43)17-16-29-34(41(38(29)48)27-13-11-26(40)12-14-27)28-15-8-24(19-31(28)44)22-4-1-21(2-5-22)3-18-32-35(45)37(47)36(46)33(20-42)49-32/h1-2,4-15,19,29-30,32-37,42-47H,3,16-18,20H2/t29-,30+,32+,33-,34-,35+,36-,37-/m1/s1. The van der Waals surface area contributed by atoms with Crippen LogP contribution in [0.3, 0.4) is 0 Å². The van der Waals surface area contributed by atoms with Crippen molar-refractivity contribution in [2.45, 2.75) is 68.3 Å². The second-order valence-electron chi connectivity index (χ2n) is 12.8. The van der Waals surface area contributed by atoms with Crippen molar-refractivity contribution in [3.63, 3.8) is 0 Å². The van der Waals surface area contributed by atoms with Crippen molar-refractivity contribution < 1.29 is 49.0 Å². The first-order chi connectivity index (χ1) is 23.5. The van der Waals surface area contributed by atoms with Crippen LogP contribution in [0.15, 0.2) is 91.0 Å². The maximum Gasteiger partial charge on any atom is 0.233 e. The summed E-state index contributed by atoms with van der Waals surface area (Å²) in [5.41, 5.74) is 3.99. The Kier molecular flexibility index (Phi) is 10.4. The van der Waals surface area contributed by atoms with E-state index in [1.807, 2.05) is 30.3 Å². The number of benzene rings is 4. The number of ether oxygens (including phenoxy) is 1. The molecule has 6 rings (SSSR count). The highest BCUT2D eigenvalue weighted by atomic mass is 19.1. The molecular formula is C38H39F2NO8. The molecule has 2 fully saturated rings. The topological polar surface area (TPSA) is 151 Å². The van der Waals surface area contributed by atoms with Crippen LogP contribution in [-0.2, 0) is 16.0 Å². The zero-order valence-corrected chi connectivity index (χ0v) is 26.5. The van der Waals surface area contributed by atoms with Crippen molar-refractivity contribution in [3.8, 4) is 16.9 Å². The van der Waals surface area contributed by atoms with Crippen LogP contribution < -0.4 is 4.90 Å². The first kappa shape index (κ1) is 34.6. The first-order valence-electron chi connectivity index (χ1n) is 16.3. The van der Waals surface area contributed by atoms with Gasteiger partial charge in [-0.2, -0.15) is 0 Å². The Morgan fingerprint density at radius 2 is 1.37 bits per heavy atom. The van der Waals surface area contributed by atoms with Gasteiger partial charge in [-0.15, -0.1) is 0 Å². The number of hydrogen-bond donors (Lipinski definition) is 6. The Morgan fingerprint density at radius 3 is 2.00 bits per heavy atom. The van der Waals surface area contributed by atoms with Gasteiger partial charge in [0.25, 0.3) is 0 Å². The van der Waals surface area contributed by atoms with E-state index in [9.17, 15) is 44.2 Å². The van der Waals surface area contributed by atoms with Gasteiger partial charge in [-0.05, 0) is 90.4 Å². The highest BCUT2D eigenvalue weighted by Gasteiger charge is 2.49. The molecule has 9 nitrogen and oxygen atoms in total. The molecule has 0 bridgehead atoms. The monoisotopic (exact) mass is 675 g/mol. The summed E-state index contributed by atoms with van der Waals surface area (Å²) >= 11 is 0. The lowest BCUT2D eigenvalue weighted by Gasteiger charge is -2.48. The zero-order valence-electron chi connectivity index (χ0n) is 26.5. The average Bonchev–Trinajstić information content (AvgIpc) is 3.11. The number of amides is 1. The number of aryl methyl sites for hydroxylation is 1. The van der Waals surface area contributed by atoms with E-state index in [1.54, 1.807) is 12.1 Å². The molecule has 0 spiro atoms. The maximum atomic E-state index is 13.7. The van der Waals surface area contributed by atoms with Gasteiger partial charge in [0.2, 0.25) is 5.91 Å². The third-order valence-corrected chi connectivity index (χ3v) is 9.67. The highest BCUT2D eigenvalue weighted by molar-refractivity contribution is 6.03. The predicted octanol–water partition coefficient (Wildman–Crippen LogP) is 4.33. The van der Waals surface area contributed by atoms with Crippen molar-refractivity contribution in [2.75, 3.05) is 11.5 Å². The number of carbonyl (C=O) groups excluding carboxylic acids is 1. The quantitative estimate of drug-likeness (QED) is 0.129. The summed E-state index contributed by atoms with van der Waals surface area (Å²) in [7, 11) is 0. The van der Waals surface area contributed by atoms with Crippen molar-refractivity contribution >= 4 is 11.6 Å². The van der Waals surface area contributed by atoms with E-state index in [4.69, 9.17) is 4.74 Å². The summed E-state index contributed by atoms with van der Waals surface area (Å²) in [5, 5.41) is 61.9. The SMILES string of the molecule is O=C1[C@H](CC[C@H](O)c2ccc(F)cc2)[C@@H](c2ccc(-c3ccc(CC[C@@H]4O[C@H](CO)[C@@H](O)[C@H](O)[C@H]4O)cc3)cc2O)N1c1ccc(F)cc1. The number of phenols is 1. The number of halogens is 2. The van der Waals surface area contributed by atoms with Crippen molar-refractivity contribution in [1.82, 2.24) is 0 Å². The van der Waals surface area contributed by atoms with Gasteiger partial charge in [-0.1, -0.05) is 48.5 Å². The number of hydrogen-bond acceptors (Lipinski definition) is 8. The normalized spacial score (nSPS) is 26.0. The molecule has 0 unspecified atom stereocenters. The fraction of sp³-hybridized carbons (Fsp3) is 0.342. The summed E-state index contributed by atoms with van der Waals surface area (Å²) in [6, 6.07) is 23.3. The first-order valence-corrected chi connectivity index (χ1v) is 16.3. The van der Waals surface area contributed by atoms with Gasteiger partial charge in [-0.3, -0.25) is 4.79 Å². The van der Waals surface area contributed by atoms with E-state index < -0.39 is 66.8 Å². The third kappa shape index (κ3) is 7.23. The van der Waals surface area contributed by atoms with Crippen LogP contribution in [0.25, 0.3) is 11.1 Å². The Labute approximate surface area is 282 Å². The number of β-lactam (4-membered cyclic amide) rings is 1. The molecule has 0 aromatic heterocycles. The second-order valence-corrected chi connectivity index (χ2v) is 12.8. The van der Waals surface area contributed by atoms with E-state index in [0.717, 1.165) is 16.7 Å². The molecule has 2 saturated heterocycles. The smallest absolute Gasteiger partial charge is 0.233 e. The molecule has 0 saturated carbocycles. The molecule has 11 heteroatoms. The molecular weight excluding hydrogens is 636 g/mol. The Hall–Kier alpha value is -4.23. The number of aliphatic hydroxyl groups excluding tert-OH is 5. The highest BCUT2D eigenvalue weighted by Crippen LogP contribution is 2.49. The molecule has 1 amide bonds. The fourth-order valence-electron chi connectivity index (χ4n) is 6.83. The number of aromatic hydroxyl groups is 1. The fourth-order valence-corrected chi connectivity index (χ4v) is 6.83. The van der Waals surface area contributed by atoms with E-state index in [0.29, 0.717) is 36.1 Å². The van der Waals surface area contributed by atoms with Crippen LogP contribution in [0, 0.1) is 17.6 Å². The van der Waals surface area contributed by atoms with Gasteiger partial charge in [0.05, 0.1) is 30.8 Å². The van der Waals surface area contributed by atoms with Gasteiger partial charge < -0.3 is 40.3 Å². The van der Waals surface area contributed by atoms with Gasteiger partial charge in [0.1, 0.15) is 41.8 Å². The predicted molar refractivity (Wildman–Crippen MR) is 176 cm³/mol. The number of rotatable bonds is 11. The van der Waals surface area contributed by atoms with Crippen LogP contribution in [0.5, 0.6) is 5.75 Å². The molecule has 49 heavy (non-hydrogen) atoms. The maximum absolute atomic E-state index is 13.7. The molecule has 0 radical (unpaired) electrons. The Balaban J connectivity index is 1.17. The molecule has 258 valence electrons. The van der Waals surface area contributed by atoms with Crippen LogP contribution >= 0.6 is 0 Å². The van der Waals surface area contributed by atoms with Crippen LogP contribution in [0.4, 0.5) is 14.5 Å². The molecule has 4 aromatic rings. The largest absolute Gasteiger partial charge is 0.508 e. The number of aliphatic hydroxyl groups is 5. The molecule has 0 aliphatic carbocycles. The third-order valence-electron chi connectivity index (χ3n) is 9.67. The molecule has 2 aliphatic rings. The summed E-state index contributed by atoms with van der Waals surface area (Å²) in [6.07, 6.45) is -5.36. The van der Waals surface area contributed by atoms with Crippen molar-refractivity contribution in [3.05, 3.63) is 119 Å². The molecule has 2 heterocycles. The summed E-state index contributed by atoms with van der Waals surface area (Å²) < 4.78 is 32.7. The number of nitrogens with zero attached hydrogens (tertiary/aromatic N) is 1. The average molecular weight is 676 g/mol. The van der Waals surface area contributed by atoms with Gasteiger partial charge in [-0.25, -0.2) is 8.78 Å². The summed E-state index contributed by atoms with van der Waals surface area (Å²) in [6.45, 7) is -0.482. The van der Waals surface area contributed by atoms with Gasteiger partial charge in [0.15, 0.2) is 0 Å². The lowest BCUT2D eigenvalue weighted by atomic mass is 9.77. The summed E-state index contributed by atoms with van der Waals surface area (Å²) in [5.74, 6) is -1.68. The lowest BCUT2D eigenvalue weighted by molar-refractivity contribution is -0.230. The van der Waals surface area contributed by atoms with Gasteiger partial charge >= 0.3 is 0 Å². The number of anilines is 1. The minimum absolute atomic E-state index is 0.0297. The zero-order chi connectivity index (χ0) is 34.8. The van der Waals surface area contributed by atoms with E-state index in [-0.39, 0.29) is 18.1 Å². The molecule has 2 aliphatic heterocycles. The van der Waals surface area contributed by atoms with Crippen LogP contribution in [0.1, 0.15) is 48.1 Å². The minimum Gasteiger partial charge on any atom is -0.508 e. The van der Waals surface area contributed by atoms with Crippen molar-refractivity contribution in [2.24, 2.45) is 5.92 Å². The van der Waals surface area contributed by atoms with E-state index in [1.165, 1.54) is 53.4 Å². The summed E-state index contributed by atoms with van der Waals surface area (Å²) in [4.78, 5) is 15.0. The Morgan fingerprint density at radius 1 is 0.755 bits per heavy atom. The number of phenolic OH excluding ortho intramolecular Hbond substituents is 1. The van der Waals surface area contributed by atoms with Crippen molar-refractivity contribution in [1.29, 1.82) is 0 Å². The minimum atomic E-state index is -1.42. The van der Waals surface area contributed by atoms with Crippen LogP contribution in [-0.4, -0.2) is 73.7 Å². The van der Waals surface area contributed by atoms with E-state index >= 15 is 0 Å². The molecule has 4 aromatic carbocycles. The van der Waals surface area contributed by atoms with Crippen LogP contribution in [0.2, 0.25) is 0 Å². The van der Waals surface area contributed by atoms with Gasteiger partial charge in [0, 0.05) is 11.3 Å².